The van der Waals surface area contributed by atoms with Gasteiger partial charge in [-0.25, -0.2) is 8.78 Å². The second-order valence-corrected chi connectivity index (χ2v) is 40.0. The molecule has 7 aliphatic heterocycles. The zero-order valence-electron chi connectivity index (χ0n) is 76.5. The molecule has 24 nitrogen and oxygen atoms in total. The number of hydrogen-bond donors (Lipinski definition) is 2. The minimum atomic E-state index is -0.651. The van der Waals surface area contributed by atoms with Crippen molar-refractivity contribution in [2.24, 2.45) is 23.2 Å². The highest BCUT2D eigenvalue weighted by Crippen LogP contribution is 2.42. The lowest BCUT2D eigenvalue weighted by atomic mass is 9.80. The summed E-state index contributed by atoms with van der Waals surface area (Å²) in [5.41, 5.74) is 11.3. The van der Waals surface area contributed by atoms with Crippen LogP contribution in [-0.2, 0) is 105 Å². The third-order valence-corrected chi connectivity index (χ3v) is 29.0. The van der Waals surface area contributed by atoms with E-state index in [2.05, 4.69) is 162 Å². The molecule has 6 amide bonds. The molecule has 10 aromatic rings. The van der Waals surface area contributed by atoms with Crippen molar-refractivity contribution in [1.29, 1.82) is 0 Å². The van der Waals surface area contributed by atoms with Crippen LogP contribution in [0.1, 0.15) is 85.6 Å². The van der Waals surface area contributed by atoms with E-state index in [1.54, 1.807) is 31.5 Å². The Hall–Kier alpha value is -11.1. The fraction of sp³-hybridized carbons (Fsp3) is 0.400. The first-order valence-corrected chi connectivity index (χ1v) is 48.5. The predicted octanol–water partition coefficient (Wildman–Crippen LogP) is 15.5. The second-order valence-electron chi connectivity index (χ2n) is 37.3. The summed E-state index contributed by atoms with van der Waals surface area (Å²) >= 11 is 10.6. The molecular weight excluding hydrogens is 1900 g/mol. The summed E-state index contributed by atoms with van der Waals surface area (Å²) in [6.07, 6.45) is 21.8. The van der Waals surface area contributed by atoms with Gasteiger partial charge in [0.1, 0.15) is 18.2 Å². The molecule has 134 heavy (non-hydrogen) atoms. The fourth-order valence-corrected chi connectivity index (χ4v) is 21.2. The number of fused-ring (bicyclic) bond motifs is 5. The quantitative estimate of drug-likeness (QED) is 0.0315. The van der Waals surface area contributed by atoms with Gasteiger partial charge >= 0.3 is 0 Å². The number of nitrogens with zero attached hydrogens (tertiary/aromatic N) is 11. The lowest BCUT2D eigenvalue weighted by Gasteiger charge is -2.47. The van der Waals surface area contributed by atoms with Crippen LogP contribution in [0.2, 0.25) is 0 Å². The molecule has 7 saturated heterocycles. The Labute approximate surface area is 806 Å². The molecule has 1 aliphatic carbocycles. The second kappa shape index (κ2) is 43.7. The van der Waals surface area contributed by atoms with Gasteiger partial charge in [0.2, 0.25) is 35.4 Å². The van der Waals surface area contributed by atoms with Gasteiger partial charge in [0, 0.05) is 246 Å². The number of amides is 6. The highest BCUT2D eigenvalue weighted by Gasteiger charge is 2.43. The Morgan fingerprint density at radius 3 is 1.56 bits per heavy atom. The van der Waals surface area contributed by atoms with Crippen molar-refractivity contribution < 1.29 is 61.4 Å². The number of ether oxygens (including phenoxy) is 2. The van der Waals surface area contributed by atoms with Crippen LogP contribution >= 0.6 is 47.8 Å². The number of benzene rings is 6. The summed E-state index contributed by atoms with van der Waals surface area (Å²) in [7, 11) is 4.22. The molecule has 1 saturated carbocycles. The number of nitrogens with one attached hydrogen (secondary N) is 2. The molecule has 8 fully saturated rings. The van der Waals surface area contributed by atoms with Crippen LogP contribution in [0.5, 0.6) is 0 Å². The molecule has 29 heteroatoms. The molecule has 704 valence electrons. The van der Waals surface area contributed by atoms with Crippen LogP contribution in [0.15, 0.2) is 222 Å². The molecule has 3 unspecified atom stereocenters. The lowest BCUT2D eigenvalue weighted by Crippen LogP contribution is -2.61. The minimum Gasteiger partial charge on any atom is -0.381 e. The molecule has 18 rings (SSSR count). The summed E-state index contributed by atoms with van der Waals surface area (Å²) < 4.78 is 50.1. The Kier molecular flexibility index (Phi) is 31.8. The van der Waals surface area contributed by atoms with Crippen LogP contribution in [-0.4, -0.2) is 235 Å². The summed E-state index contributed by atoms with van der Waals surface area (Å²) in [5.74, 6) is -0.178. The third-order valence-electron chi connectivity index (χ3n) is 27.5. The number of Topliss-reactive ketones (excluding diaryl/α,β-unsaturated/α-hetero) is 3. The SMILES string of the molecule is C=CC(=C)N1CC(CC(=O)Cn2cc(CC(=O)N3CCC4(CCOCC4)C3)c3cc(Br)ccc32)C1.C=CC(=O)N1CC(CC(=O)Cn2cc(-c3ccc(F)cc3F)c3cc(Br)ccc32)C1.C=CC(=O)N1CC(CC(=O)Cn2cc(CNCc3ccccc3)c3cc(Br)ccc32)C1.C=CC(=O)N1CC(NC(=O)Cn2cc(CC(=O)N3CCOC4CC(N(C)C)CCC43)c3cc(C)ccc32)C1. The van der Waals surface area contributed by atoms with Gasteiger partial charge < -0.3 is 72.7 Å². The molecule has 11 heterocycles. The van der Waals surface area contributed by atoms with E-state index in [9.17, 15) is 51.9 Å². The molecule has 1 spiro atoms. The van der Waals surface area contributed by atoms with Gasteiger partial charge in [-0.2, -0.15) is 0 Å². The first-order chi connectivity index (χ1) is 64.5. The summed E-state index contributed by atoms with van der Waals surface area (Å²) in [4.78, 5) is 126. The smallest absolute Gasteiger partial charge is 0.246 e. The van der Waals surface area contributed by atoms with E-state index in [0.29, 0.717) is 115 Å². The number of aryl methyl sites for hydroxylation is 1. The van der Waals surface area contributed by atoms with E-state index < -0.39 is 11.6 Å². The number of carbonyl (C=O) groups excluding carboxylic acids is 9. The van der Waals surface area contributed by atoms with Gasteiger partial charge in [-0.3, -0.25) is 43.2 Å². The number of aromatic nitrogens is 4. The average Bonchev–Trinajstić information content (AvgIpc) is 1.63. The molecule has 3 atom stereocenters. The van der Waals surface area contributed by atoms with Crippen molar-refractivity contribution in [1.82, 2.24) is 63.2 Å². The highest BCUT2D eigenvalue weighted by molar-refractivity contribution is 9.11. The maximum Gasteiger partial charge on any atom is 0.246 e. The number of rotatable bonds is 30. The van der Waals surface area contributed by atoms with Crippen molar-refractivity contribution in [3.63, 3.8) is 0 Å². The van der Waals surface area contributed by atoms with Crippen molar-refractivity contribution >= 4 is 144 Å². The molecule has 0 radical (unpaired) electrons. The molecule has 2 N–H and O–H groups in total. The normalized spacial score (nSPS) is 18.3. The van der Waals surface area contributed by atoms with Gasteiger partial charge in [0.25, 0.3) is 0 Å². The number of allylic oxidation sites excluding steroid dienone is 1. The van der Waals surface area contributed by atoms with Gasteiger partial charge in [-0.15, -0.1) is 0 Å². The third kappa shape index (κ3) is 23.5. The standard InChI is InChI=1S/C29H39N5O4.C28H34BrN3O3.C25H26BrN3O2.C23H19BrF2N2O2/c1-5-28(36)33-16-21(17-33)30-27(35)18-32-15-20(23-12-19(2)6-8-24(23)32)13-29(37)34-10-11-38-26-14-22(31(3)4)7-9-25(26)34;1-3-20(2)31-15-21(16-31)12-24(33)18-32-17-22(25-14-23(29)4-5-26(25)32)13-27(34)30-9-6-28(19-30)7-10-35-11-8-28;1-2-25(31)29-14-19(15-29)10-22(30)17-28-16-20(23-11-21(26)8-9-24(23)28)13-27-12-18-6-4-3-5-7-18;1-2-23(30)28-10-14(11-28)7-17(29)12-27-13-20(18-5-4-16(25)9-21(18)26)19-8-15(24)3-6-22(19)27/h5-6,8,12,15,21-22,25-26H,1,7,9-11,13-14,16-18H2,2-4H3,(H,30,35);3-5,14,17,21H,1-2,6-13,15-16,18-19H2;2-9,11,16,19,27H,1,10,12-15,17H2;2-6,8-9,13-14H,1,7,10-12H2. The summed E-state index contributed by atoms with van der Waals surface area (Å²) in [6, 6.07) is 38.4. The Bertz CT molecular complexity index is 6130. The van der Waals surface area contributed by atoms with E-state index in [4.69, 9.17) is 9.47 Å². The minimum absolute atomic E-state index is 0.0386. The molecular formula is C105H118Br3F2N13O11. The topological polar surface area (TPSA) is 239 Å². The number of halogens is 5. The summed E-state index contributed by atoms with van der Waals surface area (Å²) in [6.45, 7) is 32.4. The van der Waals surface area contributed by atoms with Crippen LogP contribution in [0.4, 0.5) is 8.78 Å². The number of carbonyl (C=O) groups is 9. The van der Waals surface area contributed by atoms with Crippen molar-refractivity contribution in [2.75, 3.05) is 106 Å². The van der Waals surface area contributed by atoms with Crippen molar-refractivity contribution in [3.05, 3.63) is 262 Å². The van der Waals surface area contributed by atoms with Gasteiger partial charge in [0.15, 0.2) is 17.3 Å². The zero-order valence-corrected chi connectivity index (χ0v) is 81.2. The number of hydrogen-bond acceptors (Lipinski definition) is 14. The Morgan fingerprint density at radius 1 is 0.507 bits per heavy atom. The largest absolute Gasteiger partial charge is 0.381 e. The van der Waals surface area contributed by atoms with Gasteiger partial charge in [0.05, 0.1) is 57.3 Å². The predicted molar refractivity (Wildman–Crippen MR) is 528 cm³/mol. The van der Waals surface area contributed by atoms with E-state index >= 15 is 0 Å². The van der Waals surface area contributed by atoms with Crippen molar-refractivity contribution in [2.45, 2.75) is 141 Å². The van der Waals surface area contributed by atoms with Crippen molar-refractivity contribution in [3.8, 4) is 11.1 Å². The average molecular weight is 2020 g/mol. The molecule has 4 aromatic heterocycles. The number of morpholine rings is 1. The van der Waals surface area contributed by atoms with E-state index in [1.807, 2.05) is 105 Å². The molecule has 0 bridgehead atoms. The number of ketones is 3. The highest BCUT2D eigenvalue weighted by atomic mass is 79.9. The molecule has 6 aromatic carbocycles. The lowest BCUT2D eigenvalue weighted by molar-refractivity contribution is -0.151. The molecule has 8 aliphatic rings. The maximum absolute atomic E-state index is 14.4. The first kappa shape index (κ1) is 97.5. The van der Waals surface area contributed by atoms with E-state index in [0.717, 1.165) is 176 Å². The zero-order chi connectivity index (χ0) is 94.8. The fourth-order valence-electron chi connectivity index (χ4n) is 20.1. The van der Waals surface area contributed by atoms with Crippen LogP contribution < -0.4 is 10.6 Å². The van der Waals surface area contributed by atoms with Crippen LogP contribution in [0.3, 0.4) is 0 Å². The monoisotopic (exact) mass is 2010 g/mol. The van der Waals surface area contributed by atoms with E-state index in [1.165, 1.54) is 41.5 Å². The van der Waals surface area contributed by atoms with Gasteiger partial charge in [-0.05, 0) is 190 Å². The Balaban J connectivity index is 0.000000137. The van der Waals surface area contributed by atoms with Gasteiger partial charge in [-0.1, -0.05) is 123 Å². The Morgan fingerprint density at radius 2 is 1.01 bits per heavy atom. The van der Waals surface area contributed by atoms with Crippen LogP contribution in [0.25, 0.3) is 54.7 Å². The first-order valence-electron chi connectivity index (χ1n) is 46.2. The van der Waals surface area contributed by atoms with E-state index in [-0.39, 0.29) is 107 Å². The van der Waals surface area contributed by atoms with Crippen LogP contribution in [0, 0.1) is 41.7 Å². The number of likely N-dealkylation sites (tertiary alicyclic amines) is 5. The summed E-state index contributed by atoms with van der Waals surface area (Å²) in [5, 5.41) is 10.5. The maximum atomic E-state index is 14.4.